The molecular weight excluding hydrogens is 224 g/mol. The Bertz CT molecular complexity index is 395. The van der Waals surface area contributed by atoms with Crippen molar-refractivity contribution in [1.29, 1.82) is 0 Å². The number of carboxylic acid groups (broad SMARTS) is 1. The molecule has 0 aliphatic heterocycles. The van der Waals surface area contributed by atoms with Crippen LogP contribution in [0.15, 0.2) is 24.3 Å². The van der Waals surface area contributed by atoms with Crippen molar-refractivity contribution >= 4 is 17.6 Å². The second-order valence-electron chi connectivity index (χ2n) is 4.43. The molecule has 0 aromatic heterocycles. The van der Waals surface area contributed by atoms with Crippen molar-refractivity contribution in [1.82, 2.24) is 0 Å². The Morgan fingerprint density at radius 3 is 2.38 bits per heavy atom. The van der Waals surface area contributed by atoms with Crippen LogP contribution in [0.3, 0.4) is 0 Å². The highest BCUT2D eigenvalue weighted by Crippen LogP contribution is 2.42. The minimum atomic E-state index is -0.753. The van der Waals surface area contributed by atoms with Gasteiger partial charge in [0.1, 0.15) is 0 Å². The van der Waals surface area contributed by atoms with Crippen LogP contribution in [-0.4, -0.2) is 11.1 Å². The Hall–Kier alpha value is -1.02. The van der Waals surface area contributed by atoms with Gasteiger partial charge in [-0.3, -0.25) is 4.79 Å². The zero-order chi connectivity index (χ0) is 11.6. The summed E-state index contributed by atoms with van der Waals surface area (Å²) in [5.41, 5.74) is 0.0280. The van der Waals surface area contributed by atoms with Crippen molar-refractivity contribution in [2.75, 3.05) is 0 Å². The van der Waals surface area contributed by atoms with Crippen LogP contribution in [0.4, 0.5) is 0 Å². The Kier molecular flexibility index (Phi) is 3.20. The maximum Gasteiger partial charge on any atom is 0.314 e. The van der Waals surface area contributed by atoms with Gasteiger partial charge in [0.15, 0.2) is 0 Å². The SMILES string of the molecule is O=C(O)C1(c2ccccc2Cl)CCCCC1. The molecule has 0 atom stereocenters. The third-order valence-corrected chi connectivity index (χ3v) is 3.84. The van der Waals surface area contributed by atoms with Gasteiger partial charge in [0.2, 0.25) is 0 Å². The topological polar surface area (TPSA) is 37.3 Å². The Morgan fingerprint density at radius 2 is 1.81 bits per heavy atom. The molecule has 16 heavy (non-hydrogen) atoms. The number of halogens is 1. The summed E-state index contributed by atoms with van der Waals surface area (Å²) in [4.78, 5) is 11.6. The third kappa shape index (κ3) is 1.82. The van der Waals surface area contributed by atoms with Gasteiger partial charge in [-0.25, -0.2) is 0 Å². The second kappa shape index (κ2) is 4.46. The predicted molar refractivity (Wildman–Crippen MR) is 63.9 cm³/mol. The van der Waals surface area contributed by atoms with Crippen molar-refractivity contribution < 1.29 is 9.90 Å². The highest BCUT2D eigenvalue weighted by atomic mass is 35.5. The fraction of sp³-hybridized carbons (Fsp3) is 0.462. The van der Waals surface area contributed by atoms with Gasteiger partial charge in [0.25, 0.3) is 0 Å². The van der Waals surface area contributed by atoms with Gasteiger partial charge in [0, 0.05) is 5.02 Å². The van der Waals surface area contributed by atoms with Gasteiger partial charge in [-0.15, -0.1) is 0 Å². The van der Waals surface area contributed by atoms with Crippen LogP contribution in [0.2, 0.25) is 5.02 Å². The molecule has 0 amide bonds. The molecule has 0 spiro atoms. The number of benzene rings is 1. The standard InChI is InChI=1S/C13H15ClO2/c14-11-7-3-2-6-10(11)13(12(15)16)8-4-1-5-9-13/h2-3,6-7H,1,4-5,8-9H2,(H,15,16). The largest absolute Gasteiger partial charge is 0.481 e. The number of hydrogen-bond acceptors (Lipinski definition) is 1. The molecule has 0 saturated heterocycles. The summed E-state index contributed by atoms with van der Waals surface area (Å²) in [5.74, 6) is -0.736. The lowest BCUT2D eigenvalue weighted by Crippen LogP contribution is -2.38. The van der Waals surface area contributed by atoms with E-state index in [4.69, 9.17) is 11.6 Å². The molecule has 1 fully saturated rings. The molecule has 0 bridgehead atoms. The lowest BCUT2D eigenvalue weighted by molar-refractivity contribution is -0.145. The molecule has 1 aliphatic carbocycles. The lowest BCUT2D eigenvalue weighted by atomic mass is 9.69. The van der Waals surface area contributed by atoms with Crippen LogP contribution in [0.1, 0.15) is 37.7 Å². The normalized spacial score (nSPS) is 19.3. The minimum Gasteiger partial charge on any atom is -0.481 e. The number of carbonyl (C=O) groups is 1. The van der Waals surface area contributed by atoms with Crippen LogP contribution in [0, 0.1) is 0 Å². The first kappa shape index (κ1) is 11.5. The average Bonchev–Trinajstić information content (AvgIpc) is 2.30. The Morgan fingerprint density at radius 1 is 1.19 bits per heavy atom. The van der Waals surface area contributed by atoms with E-state index in [0.29, 0.717) is 17.9 Å². The van der Waals surface area contributed by atoms with Crippen LogP contribution < -0.4 is 0 Å². The fourth-order valence-corrected chi connectivity index (χ4v) is 2.92. The number of aliphatic carboxylic acids is 1. The number of rotatable bonds is 2. The average molecular weight is 239 g/mol. The summed E-state index contributed by atoms with van der Waals surface area (Å²) in [6.07, 6.45) is 4.46. The molecule has 0 radical (unpaired) electrons. The first-order valence-electron chi connectivity index (χ1n) is 5.65. The Labute approximate surface area is 100 Å². The summed E-state index contributed by atoms with van der Waals surface area (Å²) in [7, 11) is 0. The highest BCUT2D eigenvalue weighted by Gasteiger charge is 2.42. The van der Waals surface area contributed by atoms with E-state index >= 15 is 0 Å². The first-order chi connectivity index (χ1) is 7.67. The van der Waals surface area contributed by atoms with Crippen molar-refractivity contribution in [2.45, 2.75) is 37.5 Å². The zero-order valence-corrected chi connectivity index (χ0v) is 9.83. The monoisotopic (exact) mass is 238 g/mol. The zero-order valence-electron chi connectivity index (χ0n) is 9.08. The quantitative estimate of drug-likeness (QED) is 0.854. The maximum atomic E-state index is 11.6. The van der Waals surface area contributed by atoms with Crippen molar-refractivity contribution in [2.24, 2.45) is 0 Å². The number of hydrogen-bond donors (Lipinski definition) is 1. The Balaban J connectivity index is 2.47. The van der Waals surface area contributed by atoms with Crippen LogP contribution in [-0.2, 0) is 10.2 Å². The van der Waals surface area contributed by atoms with Crippen LogP contribution in [0.25, 0.3) is 0 Å². The van der Waals surface area contributed by atoms with E-state index < -0.39 is 11.4 Å². The maximum absolute atomic E-state index is 11.6. The van der Waals surface area contributed by atoms with Gasteiger partial charge in [0.05, 0.1) is 5.41 Å². The molecule has 3 heteroatoms. The molecule has 0 unspecified atom stereocenters. The van der Waals surface area contributed by atoms with E-state index in [-0.39, 0.29) is 0 Å². The van der Waals surface area contributed by atoms with E-state index in [0.717, 1.165) is 24.8 Å². The predicted octanol–water partition coefficient (Wildman–Crippen LogP) is 3.63. The van der Waals surface area contributed by atoms with Gasteiger partial charge in [-0.2, -0.15) is 0 Å². The van der Waals surface area contributed by atoms with E-state index in [1.165, 1.54) is 0 Å². The van der Waals surface area contributed by atoms with E-state index in [2.05, 4.69) is 0 Å². The molecule has 1 aliphatic rings. The van der Waals surface area contributed by atoms with Gasteiger partial charge < -0.3 is 5.11 Å². The second-order valence-corrected chi connectivity index (χ2v) is 4.83. The fourth-order valence-electron chi connectivity index (χ4n) is 2.60. The summed E-state index contributed by atoms with van der Waals surface area (Å²) in [6.45, 7) is 0. The molecule has 0 heterocycles. The molecule has 2 rings (SSSR count). The van der Waals surface area contributed by atoms with Crippen LogP contribution in [0.5, 0.6) is 0 Å². The first-order valence-corrected chi connectivity index (χ1v) is 6.03. The summed E-state index contributed by atoms with van der Waals surface area (Å²) in [6, 6.07) is 7.32. The van der Waals surface area contributed by atoms with E-state index in [1.807, 2.05) is 18.2 Å². The minimum absolute atomic E-state index is 0.576. The van der Waals surface area contributed by atoms with E-state index in [1.54, 1.807) is 6.07 Å². The molecule has 1 N–H and O–H groups in total. The van der Waals surface area contributed by atoms with Crippen molar-refractivity contribution in [3.05, 3.63) is 34.9 Å². The molecular formula is C13H15ClO2. The molecule has 2 nitrogen and oxygen atoms in total. The molecule has 1 aromatic rings. The third-order valence-electron chi connectivity index (χ3n) is 3.51. The molecule has 1 saturated carbocycles. The van der Waals surface area contributed by atoms with Crippen LogP contribution >= 0.6 is 11.6 Å². The van der Waals surface area contributed by atoms with Gasteiger partial charge >= 0.3 is 5.97 Å². The summed E-state index contributed by atoms with van der Waals surface area (Å²) in [5, 5.41) is 10.1. The van der Waals surface area contributed by atoms with Gasteiger partial charge in [-0.05, 0) is 24.5 Å². The summed E-state index contributed by atoms with van der Waals surface area (Å²) >= 11 is 6.13. The van der Waals surface area contributed by atoms with E-state index in [9.17, 15) is 9.90 Å². The molecule has 1 aromatic carbocycles. The summed E-state index contributed by atoms with van der Waals surface area (Å²) < 4.78 is 0. The lowest BCUT2D eigenvalue weighted by Gasteiger charge is -2.34. The van der Waals surface area contributed by atoms with Crippen molar-refractivity contribution in [3.8, 4) is 0 Å². The number of carboxylic acids is 1. The smallest absolute Gasteiger partial charge is 0.314 e. The highest BCUT2D eigenvalue weighted by molar-refractivity contribution is 6.31. The van der Waals surface area contributed by atoms with Gasteiger partial charge in [-0.1, -0.05) is 49.1 Å². The molecule has 86 valence electrons. The van der Waals surface area contributed by atoms with Crippen molar-refractivity contribution in [3.63, 3.8) is 0 Å².